The summed E-state index contributed by atoms with van der Waals surface area (Å²) in [6.45, 7) is 7.43. The van der Waals surface area contributed by atoms with Crippen molar-refractivity contribution in [1.29, 1.82) is 0 Å². The zero-order valence-corrected chi connectivity index (χ0v) is 15.3. The highest BCUT2D eigenvalue weighted by atomic mass is 17.3. The molecular formula is C19H33NO4. The average molecular weight is 339 g/mol. The molecular weight excluding hydrogens is 306 g/mol. The maximum atomic E-state index is 6.54. The second kappa shape index (κ2) is 6.20. The summed E-state index contributed by atoms with van der Waals surface area (Å²) in [5, 5.41) is 0. The maximum Gasteiger partial charge on any atom is 0.201 e. The first-order valence-electron chi connectivity index (χ1n) is 9.90. The molecule has 138 valence electrons. The predicted octanol–water partition coefficient (Wildman–Crippen LogP) is 3.37. The van der Waals surface area contributed by atoms with Crippen LogP contribution in [0.5, 0.6) is 0 Å². The molecule has 4 saturated heterocycles. The minimum Gasteiger partial charge on any atom is -0.346 e. The highest BCUT2D eigenvalue weighted by Gasteiger charge is 2.69. The Morgan fingerprint density at radius 3 is 2.67 bits per heavy atom. The molecule has 5 nitrogen and oxygen atoms in total. The fourth-order valence-electron chi connectivity index (χ4n) is 5.80. The van der Waals surface area contributed by atoms with Crippen LogP contribution < -0.4 is 5.73 Å². The van der Waals surface area contributed by atoms with E-state index in [1.54, 1.807) is 0 Å². The van der Waals surface area contributed by atoms with E-state index in [0.29, 0.717) is 23.7 Å². The van der Waals surface area contributed by atoms with E-state index in [2.05, 4.69) is 13.8 Å². The van der Waals surface area contributed by atoms with Gasteiger partial charge in [0.25, 0.3) is 0 Å². The van der Waals surface area contributed by atoms with Crippen LogP contribution in [0.2, 0.25) is 0 Å². The molecule has 0 radical (unpaired) electrons. The van der Waals surface area contributed by atoms with Crippen LogP contribution >= 0.6 is 0 Å². The lowest BCUT2D eigenvalue weighted by Crippen LogP contribution is -2.70. The van der Waals surface area contributed by atoms with Crippen LogP contribution in [0.1, 0.15) is 65.7 Å². The standard InChI is InChI=1S/C19H33NO4/c1-12-7-8-15-13(2)16(6-4-5-11-20)21-17-19(15)14(12)9-10-18(3,22-17)23-24-19/h12-17H,4-11,20H2,1-3H3/t12-,13-,14+,15+,16-,17-,18+,19+/m1/s1. The average Bonchev–Trinajstić information content (AvgIpc) is 2.78. The van der Waals surface area contributed by atoms with Gasteiger partial charge in [0.05, 0.1) is 6.10 Å². The summed E-state index contributed by atoms with van der Waals surface area (Å²) in [6, 6.07) is 0. The second-order valence-corrected chi connectivity index (χ2v) is 8.73. The summed E-state index contributed by atoms with van der Waals surface area (Å²) in [6.07, 6.45) is 7.59. The summed E-state index contributed by atoms with van der Waals surface area (Å²) < 4.78 is 12.9. The van der Waals surface area contributed by atoms with Crippen LogP contribution in [0.3, 0.4) is 0 Å². The van der Waals surface area contributed by atoms with Gasteiger partial charge in [-0.05, 0) is 69.7 Å². The van der Waals surface area contributed by atoms with Crippen LogP contribution in [0.4, 0.5) is 0 Å². The summed E-state index contributed by atoms with van der Waals surface area (Å²) in [4.78, 5) is 12.0. The number of hydrogen-bond donors (Lipinski definition) is 1. The Morgan fingerprint density at radius 2 is 1.88 bits per heavy atom. The van der Waals surface area contributed by atoms with Crippen LogP contribution in [0.25, 0.3) is 0 Å². The molecule has 1 aliphatic carbocycles. The van der Waals surface area contributed by atoms with Crippen molar-refractivity contribution in [3.05, 3.63) is 0 Å². The first-order valence-corrected chi connectivity index (χ1v) is 9.90. The number of rotatable bonds is 4. The number of ether oxygens (including phenoxy) is 2. The molecule has 5 heteroatoms. The summed E-state index contributed by atoms with van der Waals surface area (Å²) >= 11 is 0. The van der Waals surface area contributed by atoms with Crippen molar-refractivity contribution >= 4 is 0 Å². The number of fused-ring (bicyclic) bond motifs is 2. The SMILES string of the molecule is C[C@H]1[C@@H](CCCCN)O[C@@H]2O[C@]3(C)CC[C@H]4[C@H](C)CC[C@@H]1[C@]24OO3. The molecule has 5 aliphatic rings. The van der Waals surface area contributed by atoms with Crippen molar-refractivity contribution in [1.82, 2.24) is 0 Å². The summed E-state index contributed by atoms with van der Waals surface area (Å²) in [5.74, 6) is 1.32. The van der Waals surface area contributed by atoms with Gasteiger partial charge in [-0.25, -0.2) is 9.78 Å². The number of nitrogens with two attached hydrogens (primary N) is 1. The van der Waals surface area contributed by atoms with Crippen LogP contribution in [-0.4, -0.2) is 30.3 Å². The van der Waals surface area contributed by atoms with E-state index in [1.807, 2.05) is 6.92 Å². The maximum absolute atomic E-state index is 6.54. The van der Waals surface area contributed by atoms with Crippen LogP contribution in [0, 0.1) is 23.7 Å². The lowest BCUT2D eigenvalue weighted by Gasteiger charge is -2.60. The third-order valence-corrected chi connectivity index (χ3v) is 7.24. The molecule has 24 heavy (non-hydrogen) atoms. The lowest BCUT2D eigenvalue weighted by atomic mass is 9.57. The van der Waals surface area contributed by atoms with E-state index < -0.39 is 11.4 Å². The largest absolute Gasteiger partial charge is 0.346 e. The van der Waals surface area contributed by atoms with Gasteiger partial charge in [-0.3, -0.25) is 0 Å². The zero-order chi connectivity index (χ0) is 16.9. The van der Waals surface area contributed by atoms with Crippen LogP contribution in [-0.2, 0) is 19.2 Å². The van der Waals surface area contributed by atoms with Crippen molar-refractivity contribution in [2.75, 3.05) is 6.54 Å². The quantitative estimate of drug-likeness (QED) is 0.628. The van der Waals surface area contributed by atoms with E-state index in [4.69, 9.17) is 25.0 Å². The van der Waals surface area contributed by atoms with Crippen molar-refractivity contribution in [3.63, 3.8) is 0 Å². The molecule has 0 aromatic heterocycles. The monoisotopic (exact) mass is 339 g/mol. The molecule has 8 atom stereocenters. The normalized spacial score (nSPS) is 53.5. The number of hydrogen-bond acceptors (Lipinski definition) is 5. The van der Waals surface area contributed by atoms with Crippen molar-refractivity contribution < 1.29 is 19.2 Å². The van der Waals surface area contributed by atoms with Gasteiger partial charge in [0.2, 0.25) is 5.79 Å². The second-order valence-electron chi connectivity index (χ2n) is 8.73. The highest BCUT2D eigenvalue weighted by Crippen LogP contribution is 2.60. The highest BCUT2D eigenvalue weighted by molar-refractivity contribution is 5.09. The predicted molar refractivity (Wildman–Crippen MR) is 89.7 cm³/mol. The molecule has 0 amide bonds. The Kier molecular flexibility index (Phi) is 4.45. The molecule has 2 bridgehead atoms. The topological polar surface area (TPSA) is 62.9 Å². The van der Waals surface area contributed by atoms with E-state index in [-0.39, 0.29) is 12.4 Å². The Balaban J connectivity index is 1.64. The first kappa shape index (κ1) is 17.2. The Bertz CT molecular complexity index is 474. The molecule has 4 heterocycles. The smallest absolute Gasteiger partial charge is 0.201 e. The fourth-order valence-corrected chi connectivity index (χ4v) is 5.80. The molecule has 2 N–H and O–H groups in total. The van der Waals surface area contributed by atoms with Gasteiger partial charge in [0, 0.05) is 12.3 Å². The van der Waals surface area contributed by atoms with E-state index in [1.165, 1.54) is 12.8 Å². The number of unbranched alkanes of at least 4 members (excludes halogenated alkanes) is 1. The molecule has 1 spiro atoms. The van der Waals surface area contributed by atoms with Gasteiger partial charge in [-0.15, -0.1) is 0 Å². The van der Waals surface area contributed by atoms with E-state index >= 15 is 0 Å². The summed E-state index contributed by atoms with van der Waals surface area (Å²) in [5.41, 5.74) is 5.25. The molecule has 4 aliphatic heterocycles. The van der Waals surface area contributed by atoms with E-state index in [9.17, 15) is 0 Å². The Labute approximate surface area is 145 Å². The molecule has 0 aromatic rings. The minimum atomic E-state index is -0.667. The van der Waals surface area contributed by atoms with Gasteiger partial charge in [-0.2, -0.15) is 0 Å². The van der Waals surface area contributed by atoms with Crippen molar-refractivity contribution in [3.8, 4) is 0 Å². The fraction of sp³-hybridized carbons (Fsp3) is 1.00. The zero-order valence-electron chi connectivity index (χ0n) is 15.3. The van der Waals surface area contributed by atoms with Gasteiger partial charge in [-0.1, -0.05) is 13.8 Å². The Hall–Kier alpha value is -0.200. The van der Waals surface area contributed by atoms with Crippen molar-refractivity contribution in [2.45, 2.75) is 89.5 Å². The van der Waals surface area contributed by atoms with Gasteiger partial charge in [0.15, 0.2) is 11.9 Å². The van der Waals surface area contributed by atoms with Crippen molar-refractivity contribution in [2.24, 2.45) is 29.4 Å². The molecule has 5 fully saturated rings. The Morgan fingerprint density at radius 1 is 1.04 bits per heavy atom. The van der Waals surface area contributed by atoms with Gasteiger partial charge in [0.1, 0.15) is 0 Å². The van der Waals surface area contributed by atoms with Gasteiger partial charge >= 0.3 is 0 Å². The first-order chi connectivity index (χ1) is 11.5. The minimum absolute atomic E-state index is 0.234. The van der Waals surface area contributed by atoms with E-state index in [0.717, 1.165) is 38.6 Å². The summed E-state index contributed by atoms with van der Waals surface area (Å²) in [7, 11) is 0. The molecule has 0 aromatic carbocycles. The van der Waals surface area contributed by atoms with Gasteiger partial charge < -0.3 is 15.2 Å². The molecule has 0 unspecified atom stereocenters. The lowest BCUT2D eigenvalue weighted by molar-refractivity contribution is -0.571. The van der Waals surface area contributed by atoms with Crippen LogP contribution in [0.15, 0.2) is 0 Å². The third-order valence-electron chi connectivity index (χ3n) is 7.24. The molecule has 1 saturated carbocycles. The third kappa shape index (κ3) is 2.47. The molecule has 5 rings (SSSR count).